The Labute approximate surface area is 135 Å². The number of aryl methyl sites for hydroxylation is 1. The SMILES string of the molecule is Cc1nc(Cc2nc(C(C)(C)C)c(CNC(C)C)s2)cs1. The number of nitrogens with one attached hydrogen (secondary N) is 1. The molecule has 0 bridgehead atoms. The van der Waals surface area contributed by atoms with Gasteiger partial charge in [0, 0.05) is 34.7 Å². The van der Waals surface area contributed by atoms with Crippen LogP contribution in [0.2, 0.25) is 0 Å². The summed E-state index contributed by atoms with van der Waals surface area (Å²) in [6.07, 6.45) is 0.847. The summed E-state index contributed by atoms with van der Waals surface area (Å²) in [5.74, 6) is 0. The third-order valence-electron chi connectivity index (χ3n) is 3.12. The summed E-state index contributed by atoms with van der Waals surface area (Å²) in [4.78, 5) is 10.8. The third-order valence-corrected chi connectivity index (χ3v) is 5.00. The molecule has 3 nitrogen and oxygen atoms in total. The standard InChI is InChI=1S/C16H25N3S2/c1-10(2)17-8-13-15(16(4,5)6)19-14(21-13)7-12-9-20-11(3)18-12/h9-10,17H,7-8H2,1-6H3. The molecule has 0 atom stereocenters. The van der Waals surface area contributed by atoms with Crippen LogP contribution in [0, 0.1) is 6.92 Å². The van der Waals surface area contributed by atoms with Gasteiger partial charge >= 0.3 is 0 Å². The van der Waals surface area contributed by atoms with E-state index >= 15 is 0 Å². The maximum atomic E-state index is 4.91. The first-order valence-electron chi connectivity index (χ1n) is 7.39. The van der Waals surface area contributed by atoms with Crippen LogP contribution in [0.1, 0.15) is 60.9 Å². The Morgan fingerprint density at radius 1 is 1.24 bits per heavy atom. The highest BCUT2D eigenvalue weighted by Gasteiger charge is 2.23. The molecule has 0 amide bonds. The van der Waals surface area contributed by atoms with Gasteiger partial charge in [-0.3, -0.25) is 0 Å². The molecule has 0 spiro atoms. The summed E-state index contributed by atoms with van der Waals surface area (Å²) in [5, 5.41) is 7.95. The Morgan fingerprint density at radius 2 is 1.95 bits per heavy atom. The molecule has 2 rings (SSSR count). The van der Waals surface area contributed by atoms with Gasteiger partial charge in [-0.1, -0.05) is 34.6 Å². The topological polar surface area (TPSA) is 37.8 Å². The molecule has 0 saturated heterocycles. The smallest absolute Gasteiger partial charge is 0.0991 e. The fourth-order valence-corrected chi connectivity index (χ4v) is 3.98. The maximum absolute atomic E-state index is 4.91. The van der Waals surface area contributed by atoms with Gasteiger partial charge in [0.05, 0.1) is 21.4 Å². The molecule has 0 aromatic carbocycles. The monoisotopic (exact) mass is 323 g/mol. The zero-order chi connectivity index (χ0) is 15.6. The molecule has 2 aromatic heterocycles. The van der Waals surface area contributed by atoms with Gasteiger partial charge in [-0.15, -0.1) is 22.7 Å². The van der Waals surface area contributed by atoms with Gasteiger partial charge in [-0.2, -0.15) is 0 Å². The first-order chi connectivity index (χ1) is 9.75. The fraction of sp³-hybridized carbons (Fsp3) is 0.625. The lowest BCUT2D eigenvalue weighted by atomic mass is 9.91. The van der Waals surface area contributed by atoms with E-state index in [9.17, 15) is 0 Å². The third kappa shape index (κ3) is 4.59. The summed E-state index contributed by atoms with van der Waals surface area (Å²) in [6, 6.07) is 0.490. The van der Waals surface area contributed by atoms with E-state index in [1.54, 1.807) is 11.3 Å². The van der Waals surface area contributed by atoms with E-state index in [2.05, 4.69) is 57.2 Å². The van der Waals surface area contributed by atoms with E-state index < -0.39 is 0 Å². The van der Waals surface area contributed by atoms with Crippen molar-refractivity contribution in [2.75, 3.05) is 0 Å². The van der Waals surface area contributed by atoms with Crippen LogP contribution in [-0.2, 0) is 18.4 Å². The molecule has 0 saturated carbocycles. The van der Waals surface area contributed by atoms with E-state index in [4.69, 9.17) is 4.98 Å². The maximum Gasteiger partial charge on any atom is 0.0991 e. The molecule has 0 fully saturated rings. The minimum absolute atomic E-state index is 0.0841. The van der Waals surface area contributed by atoms with Gasteiger partial charge in [0.15, 0.2) is 0 Å². The molecule has 0 aliphatic heterocycles. The Morgan fingerprint density at radius 3 is 2.48 bits per heavy atom. The quantitative estimate of drug-likeness (QED) is 0.891. The number of rotatable bonds is 5. The minimum atomic E-state index is 0.0841. The highest BCUT2D eigenvalue weighted by atomic mass is 32.1. The Kier molecular flexibility index (Phi) is 5.17. The van der Waals surface area contributed by atoms with Crippen LogP contribution in [0.4, 0.5) is 0 Å². The fourth-order valence-electron chi connectivity index (χ4n) is 2.12. The Balaban J connectivity index is 2.22. The van der Waals surface area contributed by atoms with Crippen molar-refractivity contribution in [1.29, 1.82) is 0 Å². The average Bonchev–Trinajstić information content (AvgIpc) is 2.93. The largest absolute Gasteiger partial charge is 0.310 e. The van der Waals surface area contributed by atoms with Crippen molar-refractivity contribution in [2.45, 2.75) is 66.0 Å². The van der Waals surface area contributed by atoms with Gasteiger partial charge < -0.3 is 5.32 Å². The van der Waals surface area contributed by atoms with Gasteiger partial charge in [-0.05, 0) is 6.92 Å². The second kappa shape index (κ2) is 6.55. The van der Waals surface area contributed by atoms with Crippen molar-refractivity contribution in [3.05, 3.63) is 31.7 Å². The average molecular weight is 324 g/mol. The second-order valence-corrected chi connectivity index (χ2v) is 8.93. The van der Waals surface area contributed by atoms with Crippen LogP contribution in [0.25, 0.3) is 0 Å². The summed E-state index contributed by atoms with van der Waals surface area (Å²) in [5.41, 5.74) is 2.44. The van der Waals surface area contributed by atoms with Gasteiger partial charge in [0.2, 0.25) is 0 Å². The first-order valence-corrected chi connectivity index (χ1v) is 9.08. The predicted molar refractivity (Wildman–Crippen MR) is 92.4 cm³/mol. The lowest BCUT2D eigenvalue weighted by molar-refractivity contribution is 0.545. The molecule has 0 aliphatic rings. The first kappa shape index (κ1) is 16.6. The van der Waals surface area contributed by atoms with Crippen LogP contribution < -0.4 is 5.32 Å². The van der Waals surface area contributed by atoms with Crippen LogP contribution in [0.5, 0.6) is 0 Å². The Bertz CT molecular complexity index is 591. The summed E-state index contributed by atoms with van der Waals surface area (Å²) in [7, 11) is 0. The van der Waals surface area contributed by atoms with E-state index in [1.165, 1.54) is 15.6 Å². The second-order valence-electron chi connectivity index (χ2n) is 6.70. The number of hydrogen-bond donors (Lipinski definition) is 1. The van der Waals surface area contributed by atoms with Crippen molar-refractivity contribution in [3.8, 4) is 0 Å². The van der Waals surface area contributed by atoms with E-state index in [0.717, 1.165) is 23.7 Å². The van der Waals surface area contributed by atoms with Gasteiger partial charge in [-0.25, -0.2) is 9.97 Å². The number of aromatic nitrogens is 2. The van der Waals surface area contributed by atoms with Crippen molar-refractivity contribution in [2.24, 2.45) is 0 Å². The zero-order valence-electron chi connectivity index (χ0n) is 13.8. The van der Waals surface area contributed by atoms with Crippen LogP contribution >= 0.6 is 22.7 Å². The summed E-state index contributed by atoms with van der Waals surface area (Å²) >= 11 is 3.53. The van der Waals surface area contributed by atoms with Crippen molar-refractivity contribution < 1.29 is 0 Å². The Hall–Kier alpha value is -0.780. The molecule has 1 N–H and O–H groups in total. The molecule has 0 unspecified atom stereocenters. The van der Waals surface area contributed by atoms with E-state index in [1.807, 2.05) is 11.3 Å². The number of thiazole rings is 2. The van der Waals surface area contributed by atoms with Crippen molar-refractivity contribution in [3.63, 3.8) is 0 Å². The predicted octanol–water partition coefficient (Wildman–Crippen LogP) is 4.29. The highest BCUT2D eigenvalue weighted by Crippen LogP contribution is 2.30. The van der Waals surface area contributed by atoms with E-state index in [0.29, 0.717) is 6.04 Å². The van der Waals surface area contributed by atoms with Crippen molar-refractivity contribution in [1.82, 2.24) is 15.3 Å². The molecule has 116 valence electrons. The molecule has 2 heterocycles. The van der Waals surface area contributed by atoms with Gasteiger partial charge in [0.1, 0.15) is 0 Å². The summed E-state index contributed by atoms with van der Waals surface area (Å²) in [6.45, 7) is 14.0. The molecule has 2 aromatic rings. The lowest BCUT2D eigenvalue weighted by Gasteiger charge is -2.18. The molecule has 0 aliphatic carbocycles. The van der Waals surface area contributed by atoms with E-state index in [-0.39, 0.29) is 5.41 Å². The lowest BCUT2D eigenvalue weighted by Crippen LogP contribution is -2.23. The normalized spacial score (nSPS) is 12.3. The molecular weight excluding hydrogens is 298 g/mol. The van der Waals surface area contributed by atoms with Crippen LogP contribution in [0.15, 0.2) is 5.38 Å². The van der Waals surface area contributed by atoms with Crippen LogP contribution in [0.3, 0.4) is 0 Å². The molecule has 5 heteroatoms. The number of hydrogen-bond acceptors (Lipinski definition) is 5. The number of nitrogens with zero attached hydrogens (tertiary/aromatic N) is 2. The molecular formula is C16H25N3S2. The minimum Gasteiger partial charge on any atom is -0.310 e. The highest BCUT2D eigenvalue weighted by molar-refractivity contribution is 7.11. The molecule has 0 radical (unpaired) electrons. The van der Waals surface area contributed by atoms with Crippen molar-refractivity contribution >= 4 is 22.7 Å². The summed E-state index contributed by atoms with van der Waals surface area (Å²) < 4.78 is 0. The zero-order valence-corrected chi connectivity index (χ0v) is 15.4. The molecule has 21 heavy (non-hydrogen) atoms. The van der Waals surface area contributed by atoms with Gasteiger partial charge in [0.25, 0.3) is 0 Å². The van der Waals surface area contributed by atoms with Crippen LogP contribution in [-0.4, -0.2) is 16.0 Å².